The summed E-state index contributed by atoms with van der Waals surface area (Å²) in [5, 5.41) is 8.47. The van der Waals surface area contributed by atoms with Crippen molar-refractivity contribution in [3.63, 3.8) is 0 Å². The number of carbonyl (C=O) groups is 1. The molecule has 0 aliphatic rings. The van der Waals surface area contributed by atoms with Crippen LogP contribution < -0.4 is 0 Å². The Morgan fingerprint density at radius 3 is 2.70 bits per heavy atom. The number of hydrogen-bond donors (Lipinski definition) is 1. The third-order valence-corrected chi connectivity index (χ3v) is 2.11. The summed E-state index contributed by atoms with van der Waals surface area (Å²) in [4.78, 5) is 11.5. The van der Waals surface area contributed by atoms with E-state index >= 15 is 0 Å². The number of carboxylic acids is 1. The van der Waals surface area contributed by atoms with Crippen LogP contribution in [0.4, 0.5) is 0 Å². The molecule has 3 heteroatoms. The Balaban J connectivity index is 2.98. The molecular weight excluding hydrogens is 148 g/mol. The molecule has 1 aromatic rings. The zero-order valence-electron chi connectivity index (χ0n) is 5.20. The van der Waals surface area contributed by atoms with Crippen molar-refractivity contribution in [2.45, 2.75) is 0 Å². The molecule has 1 rings (SSSR count). The van der Waals surface area contributed by atoms with Crippen molar-refractivity contribution in [1.29, 1.82) is 0 Å². The van der Waals surface area contributed by atoms with Crippen LogP contribution in [0.3, 0.4) is 0 Å². The van der Waals surface area contributed by atoms with E-state index in [1.807, 2.05) is 0 Å². The molecule has 0 aliphatic carbocycles. The van der Waals surface area contributed by atoms with E-state index in [1.54, 1.807) is 18.2 Å². The Morgan fingerprint density at radius 1 is 1.70 bits per heavy atom. The van der Waals surface area contributed by atoms with Crippen molar-refractivity contribution in [2.75, 3.05) is 0 Å². The Labute approximate surface area is 62.4 Å². The van der Waals surface area contributed by atoms with Crippen LogP contribution >= 0.6 is 11.3 Å². The summed E-state index contributed by atoms with van der Waals surface area (Å²) in [6.07, 6.45) is 1.64. The fourth-order valence-electron chi connectivity index (χ4n) is 0.577. The Hall–Kier alpha value is -1.09. The first-order chi connectivity index (χ1) is 4.74. The van der Waals surface area contributed by atoms with Crippen molar-refractivity contribution in [3.05, 3.63) is 28.5 Å². The number of rotatable bonds is 2. The van der Waals surface area contributed by atoms with E-state index in [9.17, 15) is 4.79 Å². The SMILES string of the molecule is C=Cc1ccc(C(=O)O)s1. The van der Waals surface area contributed by atoms with E-state index in [0.717, 1.165) is 4.88 Å². The second-order valence-corrected chi connectivity index (χ2v) is 2.83. The first kappa shape index (κ1) is 7.02. The van der Waals surface area contributed by atoms with Gasteiger partial charge in [-0.05, 0) is 12.1 Å². The van der Waals surface area contributed by atoms with Gasteiger partial charge in [-0.1, -0.05) is 12.7 Å². The second kappa shape index (κ2) is 2.66. The molecular formula is C7H6O2S. The van der Waals surface area contributed by atoms with Crippen molar-refractivity contribution >= 4 is 23.4 Å². The van der Waals surface area contributed by atoms with Crippen LogP contribution in [-0.4, -0.2) is 11.1 Å². The maximum absolute atomic E-state index is 10.3. The van der Waals surface area contributed by atoms with E-state index < -0.39 is 5.97 Å². The van der Waals surface area contributed by atoms with Gasteiger partial charge in [0.05, 0.1) is 0 Å². The predicted molar refractivity (Wildman–Crippen MR) is 41.4 cm³/mol. The molecule has 1 heterocycles. The smallest absolute Gasteiger partial charge is 0.345 e. The first-order valence-corrected chi connectivity index (χ1v) is 3.51. The monoisotopic (exact) mass is 154 g/mol. The number of aromatic carboxylic acids is 1. The topological polar surface area (TPSA) is 37.3 Å². The van der Waals surface area contributed by atoms with Gasteiger partial charge in [-0.3, -0.25) is 0 Å². The largest absolute Gasteiger partial charge is 0.477 e. The molecule has 1 aromatic heterocycles. The third-order valence-electron chi connectivity index (χ3n) is 1.04. The van der Waals surface area contributed by atoms with Crippen LogP contribution in [0.5, 0.6) is 0 Å². The molecule has 0 unspecified atom stereocenters. The summed E-state index contributed by atoms with van der Waals surface area (Å²) in [5.41, 5.74) is 0. The lowest BCUT2D eigenvalue weighted by Gasteiger charge is -1.80. The highest BCUT2D eigenvalue weighted by atomic mass is 32.1. The van der Waals surface area contributed by atoms with E-state index in [0.29, 0.717) is 4.88 Å². The molecule has 2 nitrogen and oxygen atoms in total. The van der Waals surface area contributed by atoms with E-state index in [-0.39, 0.29) is 0 Å². The minimum absolute atomic E-state index is 0.356. The summed E-state index contributed by atoms with van der Waals surface area (Å²) in [6, 6.07) is 3.31. The van der Waals surface area contributed by atoms with E-state index in [2.05, 4.69) is 6.58 Å². The summed E-state index contributed by atoms with van der Waals surface area (Å²) in [7, 11) is 0. The lowest BCUT2D eigenvalue weighted by molar-refractivity contribution is 0.0702. The average Bonchev–Trinajstić information content (AvgIpc) is 2.34. The van der Waals surface area contributed by atoms with E-state index in [4.69, 9.17) is 5.11 Å². The summed E-state index contributed by atoms with van der Waals surface area (Å²) >= 11 is 1.22. The minimum atomic E-state index is -0.877. The number of carboxylic acid groups (broad SMARTS) is 1. The fraction of sp³-hybridized carbons (Fsp3) is 0. The quantitative estimate of drug-likeness (QED) is 0.708. The molecule has 0 aliphatic heterocycles. The van der Waals surface area contributed by atoms with Gasteiger partial charge in [0.1, 0.15) is 4.88 Å². The number of thiophene rings is 1. The summed E-state index contributed by atoms with van der Waals surface area (Å²) < 4.78 is 0. The molecule has 0 atom stereocenters. The molecule has 0 radical (unpaired) electrons. The highest BCUT2D eigenvalue weighted by molar-refractivity contribution is 7.14. The fourth-order valence-corrected chi connectivity index (χ4v) is 1.27. The van der Waals surface area contributed by atoms with Gasteiger partial charge in [0, 0.05) is 4.88 Å². The molecule has 0 aromatic carbocycles. The summed E-state index contributed by atoms with van der Waals surface area (Å²) in [5.74, 6) is -0.877. The molecule has 0 saturated heterocycles. The Kier molecular flexibility index (Phi) is 1.87. The third kappa shape index (κ3) is 1.25. The highest BCUT2D eigenvalue weighted by Gasteiger charge is 2.03. The normalized spacial score (nSPS) is 9.20. The van der Waals surface area contributed by atoms with Gasteiger partial charge in [-0.2, -0.15) is 0 Å². The minimum Gasteiger partial charge on any atom is -0.477 e. The standard InChI is InChI=1S/C7H6O2S/c1-2-5-3-4-6(10-5)7(8)9/h2-4H,1H2,(H,8,9). The second-order valence-electron chi connectivity index (χ2n) is 1.71. The van der Waals surface area contributed by atoms with Crippen molar-refractivity contribution in [3.8, 4) is 0 Å². The van der Waals surface area contributed by atoms with Crippen LogP contribution in [0.2, 0.25) is 0 Å². The molecule has 52 valence electrons. The van der Waals surface area contributed by atoms with Gasteiger partial charge < -0.3 is 5.11 Å². The highest BCUT2D eigenvalue weighted by Crippen LogP contribution is 2.16. The molecule has 10 heavy (non-hydrogen) atoms. The van der Waals surface area contributed by atoms with Gasteiger partial charge in [-0.25, -0.2) is 4.79 Å². The molecule has 1 N–H and O–H groups in total. The van der Waals surface area contributed by atoms with E-state index in [1.165, 1.54) is 11.3 Å². The molecule has 0 amide bonds. The van der Waals surface area contributed by atoms with Crippen LogP contribution in [0.1, 0.15) is 14.5 Å². The lowest BCUT2D eigenvalue weighted by atomic mass is 10.4. The van der Waals surface area contributed by atoms with Crippen LogP contribution in [0.15, 0.2) is 18.7 Å². The van der Waals surface area contributed by atoms with Gasteiger partial charge in [0.15, 0.2) is 0 Å². The van der Waals surface area contributed by atoms with Crippen LogP contribution in [0.25, 0.3) is 6.08 Å². The van der Waals surface area contributed by atoms with Gasteiger partial charge in [-0.15, -0.1) is 11.3 Å². The Morgan fingerprint density at radius 2 is 2.40 bits per heavy atom. The van der Waals surface area contributed by atoms with Crippen molar-refractivity contribution in [2.24, 2.45) is 0 Å². The Bertz CT molecular complexity index is 262. The average molecular weight is 154 g/mol. The molecule has 0 spiro atoms. The summed E-state index contributed by atoms with van der Waals surface area (Å²) in [6.45, 7) is 3.52. The van der Waals surface area contributed by atoms with Crippen LogP contribution in [0, 0.1) is 0 Å². The van der Waals surface area contributed by atoms with Gasteiger partial charge >= 0.3 is 5.97 Å². The predicted octanol–water partition coefficient (Wildman–Crippen LogP) is 2.09. The number of hydrogen-bond acceptors (Lipinski definition) is 2. The zero-order chi connectivity index (χ0) is 7.56. The molecule has 0 saturated carbocycles. The van der Waals surface area contributed by atoms with Crippen molar-refractivity contribution in [1.82, 2.24) is 0 Å². The lowest BCUT2D eigenvalue weighted by Crippen LogP contribution is -1.89. The van der Waals surface area contributed by atoms with Crippen LogP contribution in [-0.2, 0) is 0 Å². The maximum Gasteiger partial charge on any atom is 0.345 e. The van der Waals surface area contributed by atoms with Gasteiger partial charge in [0.25, 0.3) is 0 Å². The first-order valence-electron chi connectivity index (χ1n) is 2.69. The van der Waals surface area contributed by atoms with Gasteiger partial charge in [0.2, 0.25) is 0 Å². The maximum atomic E-state index is 10.3. The van der Waals surface area contributed by atoms with Crippen molar-refractivity contribution < 1.29 is 9.90 Å². The zero-order valence-corrected chi connectivity index (χ0v) is 6.02. The molecule has 0 bridgehead atoms. The molecule has 0 fully saturated rings.